The number of urea groups is 1. The SMILES string of the molecule is CC[C@]1(C)NC(=O)N(CC(=O)OCC(=O)Nc2ccccc2SCC#N)C1=O. The maximum Gasteiger partial charge on any atom is 0.326 e. The first-order valence-electron chi connectivity index (χ1n) is 8.49. The number of nitriles is 1. The van der Waals surface area contributed by atoms with E-state index in [1.807, 2.05) is 6.07 Å². The summed E-state index contributed by atoms with van der Waals surface area (Å²) in [5, 5.41) is 13.8. The number of nitrogens with zero attached hydrogens (tertiary/aromatic N) is 2. The van der Waals surface area contributed by atoms with Gasteiger partial charge in [0.2, 0.25) is 0 Å². The summed E-state index contributed by atoms with van der Waals surface area (Å²) in [6.45, 7) is 2.19. The average molecular weight is 404 g/mol. The maximum atomic E-state index is 12.2. The quantitative estimate of drug-likeness (QED) is 0.382. The standard InChI is InChI=1S/C18H20N4O5S/c1-3-18(2)16(25)22(17(26)21-18)10-15(24)27-11-14(23)20-12-6-4-5-7-13(12)28-9-8-19/h4-7H,3,9-11H2,1-2H3,(H,20,23)(H,21,26)/t18-/m0/s1. The number of esters is 1. The fourth-order valence-corrected chi connectivity index (χ4v) is 3.11. The Kier molecular flexibility index (Phi) is 7.00. The number of nitrogens with one attached hydrogen (secondary N) is 2. The average Bonchev–Trinajstić information content (AvgIpc) is 2.89. The van der Waals surface area contributed by atoms with Crippen LogP contribution in [0.4, 0.5) is 10.5 Å². The molecule has 2 rings (SSSR count). The summed E-state index contributed by atoms with van der Waals surface area (Å²) in [6.07, 6.45) is 0.384. The van der Waals surface area contributed by atoms with E-state index in [0.717, 1.165) is 4.90 Å². The van der Waals surface area contributed by atoms with Gasteiger partial charge in [-0.2, -0.15) is 5.26 Å². The molecule has 1 fully saturated rings. The third-order valence-electron chi connectivity index (χ3n) is 4.16. The minimum atomic E-state index is -1.04. The summed E-state index contributed by atoms with van der Waals surface area (Å²) >= 11 is 1.26. The monoisotopic (exact) mass is 404 g/mol. The number of amides is 4. The van der Waals surface area contributed by atoms with Crippen LogP contribution in [0.1, 0.15) is 20.3 Å². The molecule has 10 heteroatoms. The number of carbonyl (C=O) groups excluding carboxylic acids is 4. The van der Waals surface area contributed by atoms with Gasteiger partial charge in [0.15, 0.2) is 6.61 Å². The second-order valence-electron chi connectivity index (χ2n) is 6.16. The van der Waals surface area contributed by atoms with E-state index < -0.39 is 42.5 Å². The molecular weight excluding hydrogens is 384 g/mol. The Bertz CT molecular complexity index is 838. The third-order valence-corrected chi connectivity index (χ3v) is 5.10. The van der Waals surface area contributed by atoms with E-state index in [0.29, 0.717) is 17.0 Å². The molecule has 0 aliphatic carbocycles. The van der Waals surface area contributed by atoms with E-state index in [9.17, 15) is 19.2 Å². The van der Waals surface area contributed by atoms with Crippen molar-refractivity contribution in [2.75, 3.05) is 24.2 Å². The topological polar surface area (TPSA) is 129 Å². The van der Waals surface area contributed by atoms with Crippen molar-refractivity contribution < 1.29 is 23.9 Å². The Labute approximate surface area is 166 Å². The Morgan fingerprint density at radius 3 is 2.71 bits per heavy atom. The lowest BCUT2D eigenvalue weighted by Crippen LogP contribution is -2.43. The fourth-order valence-electron chi connectivity index (χ4n) is 2.44. The van der Waals surface area contributed by atoms with Gasteiger partial charge in [-0.3, -0.25) is 19.3 Å². The molecule has 1 atom stereocenters. The summed E-state index contributed by atoms with van der Waals surface area (Å²) in [7, 11) is 0. The molecule has 148 valence electrons. The summed E-state index contributed by atoms with van der Waals surface area (Å²) in [5.74, 6) is -1.73. The number of anilines is 1. The molecule has 1 aliphatic rings. The van der Waals surface area contributed by atoms with Crippen LogP contribution in [0, 0.1) is 11.3 Å². The number of carbonyl (C=O) groups is 4. The van der Waals surface area contributed by atoms with E-state index in [-0.39, 0.29) is 5.75 Å². The zero-order chi connectivity index (χ0) is 20.7. The Hall–Kier alpha value is -3.06. The minimum Gasteiger partial charge on any atom is -0.454 e. The largest absolute Gasteiger partial charge is 0.454 e. The van der Waals surface area contributed by atoms with Crippen LogP contribution in [0.25, 0.3) is 0 Å². The van der Waals surface area contributed by atoms with Crippen molar-refractivity contribution >= 4 is 41.3 Å². The fraction of sp³-hybridized carbons (Fsp3) is 0.389. The molecule has 0 spiro atoms. The highest BCUT2D eigenvalue weighted by Crippen LogP contribution is 2.26. The van der Waals surface area contributed by atoms with Crippen molar-refractivity contribution in [1.82, 2.24) is 10.2 Å². The molecule has 0 bridgehead atoms. The molecule has 0 aromatic heterocycles. The lowest BCUT2D eigenvalue weighted by molar-refractivity contribution is -0.150. The van der Waals surface area contributed by atoms with Crippen LogP contribution in [0.5, 0.6) is 0 Å². The number of hydrogen-bond acceptors (Lipinski definition) is 7. The zero-order valence-electron chi connectivity index (χ0n) is 15.5. The van der Waals surface area contributed by atoms with Crippen molar-refractivity contribution in [3.63, 3.8) is 0 Å². The molecule has 0 saturated carbocycles. The first-order valence-corrected chi connectivity index (χ1v) is 9.47. The van der Waals surface area contributed by atoms with Gasteiger partial charge >= 0.3 is 12.0 Å². The molecule has 4 amide bonds. The lowest BCUT2D eigenvalue weighted by Gasteiger charge is -2.18. The predicted molar refractivity (Wildman–Crippen MR) is 101 cm³/mol. The second-order valence-corrected chi connectivity index (χ2v) is 7.18. The number of imide groups is 1. The van der Waals surface area contributed by atoms with Crippen LogP contribution in [-0.2, 0) is 19.1 Å². The van der Waals surface area contributed by atoms with Crippen LogP contribution in [0.3, 0.4) is 0 Å². The number of hydrogen-bond donors (Lipinski definition) is 2. The van der Waals surface area contributed by atoms with Crippen molar-refractivity contribution in [3.05, 3.63) is 24.3 Å². The van der Waals surface area contributed by atoms with E-state index >= 15 is 0 Å². The number of thioether (sulfide) groups is 1. The summed E-state index contributed by atoms with van der Waals surface area (Å²) in [6, 6.07) is 8.26. The minimum absolute atomic E-state index is 0.227. The van der Waals surface area contributed by atoms with Crippen LogP contribution in [0.2, 0.25) is 0 Å². The van der Waals surface area contributed by atoms with Gasteiger partial charge in [0.1, 0.15) is 12.1 Å². The maximum absolute atomic E-state index is 12.2. The number of para-hydroxylation sites is 1. The number of rotatable bonds is 8. The van der Waals surface area contributed by atoms with Crippen LogP contribution in [0.15, 0.2) is 29.2 Å². The van der Waals surface area contributed by atoms with Gasteiger partial charge in [-0.25, -0.2) is 4.79 Å². The van der Waals surface area contributed by atoms with Crippen molar-refractivity contribution in [3.8, 4) is 6.07 Å². The third kappa shape index (κ3) is 5.01. The van der Waals surface area contributed by atoms with Crippen molar-refractivity contribution in [1.29, 1.82) is 5.26 Å². The Balaban J connectivity index is 1.87. The van der Waals surface area contributed by atoms with Gasteiger partial charge in [-0.05, 0) is 25.5 Å². The van der Waals surface area contributed by atoms with Crippen LogP contribution < -0.4 is 10.6 Å². The van der Waals surface area contributed by atoms with E-state index in [4.69, 9.17) is 10.00 Å². The molecule has 9 nitrogen and oxygen atoms in total. The Morgan fingerprint density at radius 2 is 2.07 bits per heavy atom. The molecule has 0 unspecified atom stereocenters. The predicted octanol–water partition coefficient (Wildman–Crippen LogP) is 1.50. The molecule has 1 aliphatic heterocycles. The van der Waals surface area contributed by atoms with E-state index in [2.05, 4.69) is 10.6 Å². The molecule has 0 radical (unpaired) electrons. The molecule has 1 heterocycles. The first kappa shape index (κ1) is 21.2. The van der Waals surface area contributed by atoms with Gasteiger partial charge in [0, 0.05) is 4.90 Å². The van der Waals surface area contributed by atoms with Gasteiger partial charge in [0.25, 0.3) is 11.8 Å². The molecule has 1 aromatic rings. The first-order chi connectivity index (χ1) is 13.3. The van der Waals surface area contributed by atoms with Gasteiger partial charge in [0.05, 0.1) is 17.5 Å². The number of ether oxygens (including phenoxy) is 1. The zero-order valence-corrected chi connectivity index (χ0v) is 16.3. The summed E-state index contributed by atoms with van der Waals surface area (Å²) in [4.78, 5) is 49.6. The van der Waals surface area contributed by atoms with Gasteiger partial charge in [-0.1, -0.05) is 19.1 Å². The lowest BCUT2D eigenvalue weighted by atomic mass is 9.99. The normalized spacial score (nSPS) is 18.4. The number of benzene rings is 1. The second kappa shape index (κ2) is 9.23. The molecular formula is C18H20N4O5S. The van der Waals surface area contributed by atoms with Crippen LogP contribution in [-0.4, -0.2) is 53.2 Å². The van der Waals surface area contributed by atoms with Gasteiger partial charge in [-0.15, -0.1) is 11.8 Å². The van der Waals surface area contributed by atoms with E-state index in [1.165, 1.54) is 11.8 Å². The smallest absolute Gasteiger partial charge is 0.326 e. The summed E-state index contributed by atoms with van der Waals surface area (Å²) in [5.41, 5.74) is -0.545. The molecule has 28 heavy (non-hydrogen) atoms. The highest BCUT2D eigenvalue weighted by molar-refractivity contribution is 7.99. The summed E-state index contributed by atoms with van der Waals surface area (Å²) < 4.78 is 4.87. The highest BCUT2D eigenvalue weighted by Gasteiger charge is 2.47. The van der Waals surface area contributed by atoms with Crippen molar-refractivity contribution in [2.24, 2.45) is 0 Å². The molecule has 2 N–H and O–H groups in total. The highest BCUT2D eigenvalue weighted by atomic mass is 32.2. The molecule has 1 saturated heterocycles. The van der Waals surface area contributed by atoms with E-state index in [1.54, 1.807) is 38.1 Å². The van der Waals surface area contributed by atoms with Gasteiger partial charge < -0.3 is 15.4 Å². The molecule has 1 aromatic carbocycles. The van der Waals surface area contributed by atoms with Crippen LogP contribution >= 0.6 is 11.8 Å². The van der Waals surface area contributed by atoms with Crippen molar-refractivity contribution in [2.45, 2.75) is 30.7 Å². The Morgan fingerprint density at radius 1 is 1.36 bits per heavy atom.